The van der Waals surface area contributed by atoms with Gasteiger partial charge in [0.2, 0.25) is 0 Å². The second-order valence-corrected chi connectivity index (χ2v) is 3.03. The van der Waals surface area contributed by atoms with E-state index in [1.807, 2.05) is 11.1 Å². The molecule has 0 aromatic rings. The van der Waals surface area contributed by atoms with Crippen LogP contribution in [-0.4, -0.2) is 22.6 Å². The molecule has 0 amide bonds. The minimum Gasteiger partial charge on any atom is -0.390 e. The van der Waals surface area contributed by atoms with Gasteiger partial charge in [-0.3, -0.25) is 10.4 Å². The predicted octanol–water partition coefficient (Wildman–Crippen LogP) is 0.228. The number of nitrogens with zero attached hydrogens (tertiary/aromatic N) is 1. The van der Waals surface area contributed by atoms with E-state index in [4.69, 9.17) is 5.11 Å². The Bertz CT molecular complexity index is 212. The first-order valence-electron chi connectivity index (χ1n) is 3.07. The number of thioether (sulfide) groups is 1. The fourth-order valence-electron chi connectivity index (χ4n) is 1.01. The molecule has 4 heteroatoms. The third-order valence-electron chi connectivity index (χ3n) is 1.49. The lowest BCUT2D eigenvalue weighted by atomic mass is 10.4. The van der Waals surface area contributed by atoms with Crippen molar-refractivity contribution in [2.24, 2.45) is 0 Å². The Hall–Kier alpha value is -0.610. The highest BCUT2D eigenvalue weighted by atomic mass is 32.2. The van der Waals surface area contributed by atoms with Gasteiger partial charge in [-0.25, -0.2) is 0 Å². The van der Waals surface area contributed by atoms with Crippen molar-refractivity contribution < 1.29 is 5.11 Å². The average molecular weight is 156 g/mol. The van der Waals surface area contributed by atoms with Crippen LogP contribution in [0.5, 0.6) is 0 Å². The zero-order valence-electron chi connectivity index (χ0n) is 5.37. The minimum atomic E-state index is 0.0957. The summed E-state index contributed by atoms with van der Waals surface area (Å²) in [6.45, 7) is 0.0957. The molecule has 0 fully saturated rings. The number of aliphatic hydroxyl groups excluding tert-OH is 1. The van der Waals surface area contributed by atoms with Gasteiger partial charge in [0.25, 0.3) is 0 Å². The first-order valence-corrected chi connectivity index (χ1v) is 4.12. The van der Waals surface area contributed by atoms with Crippen molar-refractivity contribution in [1.82, 2.24) is 10.4 Å². The summed E-state index contributed by atoms with van der Waals surface area (Å²) in [5.74, 6) is 0.940. The topological polar surface area (TPSA) is 35.5 Å². The van der Waals surface area contributed by atoms with E-state index in [2.05, 4.69) is 10.8 Å². The molecular weight excluding hydrogens is 148 g/mol. The monoisotopic (exact) mass is 156 g/mol. The summed E-state index contributed by atoms with van der Waals surface area (Å²) < 4.78 is 0. The van der Waals surface area contributed by atoms with Crippen LogP contribution in [0.4, 0.5) is 0 Å². The molecule has 0 aromatic carbocycles. The van der Waals surface area contributed by atoms with Crippen molar-refractivity contribution in [3.8, 4) is 0 Å². The van der Waals surface area contributed by atoms with Crippen molar-refractivity contribution in [3.63, 3.8) is 0 Å². The van der Waals surface area contributed by atoms with Gasteiger partial charge in [0, 0.05) is 0 Å². The number of hydrogen-bond acceptors (Lipinski definition) is 4. The Morgan fingerprint density at radius 3 is 3.40 bits per heavy atom. The van der Waals surface area contributed by atoms with Gasteiger partial charge in [0.15, 0.2) is 0 Å². The lowest BCUT2D eigenvalue weighted by Crippen LogP contribution is -2.28. The third-order valence-corrected chi connectivity index (χ3v) is 2.31. The summed E-state index contributed by atoms with van der Waals surface area (Å²) in [4.78, 5) is 0. The number of allylic oxidation sites excluding steroid dienone is 1. The van der Waals surface area contributed by atoms with E-state index in [1.54, 1.807) is 11.8 Å². The smallest absolute Gasteiger partial charge is 0.0889 e. The van der Waals surface area contributed by atoms with Crippen molar-refractivity contribution in [2.75, 3.05) is 12.5 Å². The van der Waals surface area contributed by atoms with E-state index in [0.717, 1.165) is 17.3 Å². The lowest BCUT2D eigenvalue weighted by molar-refractivity contribution is 0.288. The molecule has 0 saturated carbocycles. The van der Waals surface area contributed by atoms with Gasteiger partial charge in [0.1, 0.15) is 0 Å². The molecule has 0 aliphatic carbocycles. The minimum absolute atomic E-state index is 0.0957. The van der Waals surface area contributed by atoms with Gasteiger partial charge in [-0.1, -0.05) is 0 Å². The van der Waals surface area contributed by atoms with Crippen LogP contribution in [0.2, 0.25) is 0 Å². The van der Waals surface area contributed by atoms with Crippen LogP contribution in [0, 0.1) is 0 Å². The Morgan fingerprint density at radius 2 is 2.70 bits per heavy atom. The fourth-order valence-corrected chi connectivity index (χ4v) is 1.81. The number of hydrogen-bond donors (Lipinski definition) is 2. The van der Waals surface area contributed by atoms with Crippen LogP contribution >= 0.6 is 11.8 Å². The Balaban J connectivity index is 2.19. The van der Waals surface area contributed by atoms with Gasteiger partial charge >= 0.3 is 0 Å². The summed E-state index contributed by atoms with van der Waals surface area (Å²) in [6.07, 6.45) is 1.96. The van der Waals surface area contributed by atoms with Gasteiger partial charge in [-0.05, 0) is 11.5 Å². The zero-order valence-corrected chi connectivity index (χ0v) is 6.19. The second kappa shape index (κ2) is 2.21. The van der Waals surface area contributed by atoms with Crippen LogP contribution in [0.1, 0.15) is 0 Å². The maximum Gasteiger partial charge on any atom is 0.0889 e. The molecule has 0 saturated heterocycles. The maximum atomic E-state index is 8.73. The molecule has 0 spiro atoms. The number of nitrogens with one attached hydrogen (secondary N) is 1. The summed E-state index contributed by atoms with van der Waals surface area (Å²) in [6, 6.07) is 0. The van der Waals surface area contributed by atoms with Crippen molar-refractivity contribution in [3.05, 3.63) is 22.9 Å². The fraction of sp³-hybridized carbons (Fsp3) is 0.333. The summed E-state index contributed by atoms with van der Waals surface area (Å²) in [5.41, 5.74) is 5.10. The van der Waals surface area contributed by atoms with Crippen molar-refractivity contribution in [1.29, 1.82) is 0 Å². The first-order chi connectivity index (χ1) is 4.90. The SMILES string of the molecule is OCC1=CC2=CSCN2N1. The van der Waals surface area contributed by atoms with E-state index >= 15 is 0 Å². The second-order valence-electron chi connectivity index (χ2n) is 2.21. The summed E-state index contributed by atoms with van der Waals surface area (Å²) in [7, 11) is 0. The molecule has 0 atom stereocenters. The van der Waals surface area contributed by atoms with E-state index in [1.165, 1.54) is 0 Å². The molecule has 2 aliphatic heterocycles. The number of rotatable bonds is 1. The first kappa shape index (κ1) is 6.12. The number of hydrazine groups is 1. The Kier molecular flexibility index (Phi) is 1.35. The van der Waals surface area contributed by atoms with Gasteiger partial charge in [-0.2, -0.15) is 0 Å². The molecule has 2 rings (SSSR count). The van der Waals surface area contributed by atoms with Crippen molar-refractivity contribution >= 4 is 11.8 Å². The number of aliphatic hydroxyl groups is 1. The van der Waals surface area contributed by atoms with Gasteiger partial charge < -0.3 is 5.11 Å². The highest BCUT2D eigenvalue weighted by Crippen LogP contribution is 2.26. The number of fused-ring (bicyclic) bond motifs is 1. The molecule has 0 unspecified atom stereocenters. The van der Waals surface area contributed by atoms with E-state index in [0.29, 0.717) is 0 Å². The third kappa shape index (κ3) is 0.803. The van der Waals surface area contributed by atoms with Crippen LogP contribution in [0.25, 0.3) is 0 Å². The molecular formula is C6H8N2OS. The van der Waals surface area contributed by atoms with Crippen LogP contribution in [0.3, 0.4) is 0 Å². The lowest BCUT2D eigenvalue weighted by Gasteiger charge is -2.14. The molecule has 0 radical (unpaired) electrons. The highest BCUT2D eigenvalue weighted by Gasteiger charge is 2.20. The molecule has 10 heavy (non-hydrogen) atoms. The molecule has 0 aromatic heterocycles. The molecule has 2 N–H and O–H groups in total. The van der Waals surface area contributed by atoms with Crippen LogP contribution in [-0.2, 0) is 0 Å². The Morgan fingerprint density at radius 1 is 1.80 bits per heavy atom. The quantitative estimate of drug-likeness (QED) is 0.569. The molecule has 2 aliphatic rings. The standard InChI is InChI=1S/C6H8N2OS/c9-2-5-1-6-3-10-4-8(6)7-5/h1,3,7,9H,2,4H2. The molecule has 2 heterocycles. The Labute approximate surface area is 63.4 Å². The van der Waals surface area contributed by atoms with Crippen LogP contribution in [0.15, 0.2) is 22.9 Å². The van der Waals surface area contributed by atoms with E-state index < -0.39 is 0 Å². The molecule has 3 nitrogen and oxygen atoms in total. The summed E-state index contributed by atoms with van der Waals surface area (Å²) >= 11 is 1.75. The predicted molar refractivity (Wildman–Crippen MR) is 40.7 cm³/mol. The highest BCUT2D eigenvalue weighted by molar-refractivity contribution is 8.02. The normalized spacial score (nSPS) is 21.9. The average Bonchev–Trinajstić information content (AvgIpc) is 2.42. The zero-order chi connectivity index (χ0) is 6.97. The van der Waals surface area contributed by atoms with E-state index in [9.17, 15) is 0 Å². The van der Waals surface area contributed by atoms with Gasteiger partial charge in [0.05, 0.1) is 23.9 Å². The van der Waals surface area contributed by atoms with Crippen LogP contribution < -0.4 is 5.43 Å². The van der Waals surface area contributed by atoms with E-state index in [-0.39, 0.29) is 6.61 Å². The van der Waals surface area contributed by atoms with Crippen molar-refractivity contribution in [2.45, 2.75) is 0 Å². The largest absolute Gasteiger partial charge is 0.390 e. The summed E-state index contributed by atoms with van der Waals surface area (Å²) in [5, 5.41) is 12.8. The van der Waals surface area contributed by atoms with Gasteiger partial charge in [-0.15, -0.1) is 11.8 Å². The molecule has 0 bridgehead atoms. The maximum absolute atomic E-state index is 8.73. The molecule has 54 valence electrons.